The van der Waals surface area contributed by atoms with Gasteiger partial charge in [0.05, 0.1) is 5.69 Å². The second-order valence-electron chi connectivity index (χ2n) is 8.71. The Balaban J connectivity index is 1.46. The van der Waals surface area contributed by atoms with Gasteiger partial charge in [-0.1, -0.05) is 78.4 Å². The van der Waals surface area contributed by atoms with Crippen LogP contribution in [0.5, 0.6) is 5.75 Å². The molecule has 1 fully saturated rings. The number of hydrogen-bond acceptors (Lipinski definition) is 4. The number of fused-ring (bicyclic) bond motifs is 1. The van der Waals surface area contributed by atoms with Crippen molar-refractivity contribution < 1.29 is 19.1 Å². The van der Waals surface area contributed by atoms with E-state index >= 15 is 0 Å². The summed E-state index contributed by atoms with van der Waals surface area (Å²) in [6.07, 6.45) is 1.47. The number of aryl methyl sites for hydroxylation is 2. The lowest BCUT2D eigenvalue weighted by Crippen LogP contribution is -2.54. The van der Waals surface area contributed by atoms with Gasteiger partial charge in [0.25, 0.3) is 11.8 Å². The predicted molar refractivity (Wildman–Crippen MR) is 140 cm³/mol. The van der Waals surface area contributed by atoms with Gasteiger partial charge in [0, 0.05) is 5.56 Å². The van der Waals surface area contributed by atoms with Crippen LogP contribution in [0.15, 0.2) is 90.5 Å². The van der Waals surface area contributed by atoms with Crippen LogP contribution in [0.3, 0.4) is 0 Å². The molecule has 178 valence electrons. The zero-order valence-corrected chi connectivity index (χ0v) is 19.9. The number of imide groups is 2. The molecule has 1 aliphatic heterocycles. The monoisotopic (exact) mass is 476 g/mol. The summed E-state index contributed by atoms with van der Waals surface area (Å²) in [4.78, 5) is 39.7. The number of carbonyl (C=O) groups is 3. The molecule has 1 saturated heterocycles. The standard InChI is InChI=1S/C30H24N2O4/c1-19-14-15-26(20(2)16-19)32-29(34)25(28(33)31-30(32)35)17-22-9-4-6-13-27(22)36-18-23-11-7-10-21-8-3-5-12-24(21)23/h3-17H,18H2,1-2H3,(H,31,33,35)/b25-17+. The van der Waals surface area contributed by atoms with Crippen molar-refractivity contribution in [3.05, 3.63) is 113 Å². The van der Waals surface area contributed by atoms with Crippen molar-refractivity contribution in [3.63, 3.8) is 0 Å². The first kappa shape index (κ1) is 23.1. The third kappa shape index (κ3) is 4.36. The summed E-state index contributed by atoms with van der Waals surface area (Å²) < 4.78 is 6.14. The Hall–Kier alpha value is -4.71. The molecule has 0 aliphatic carbocycles. The van der Waals surface area contributed by atoms with Gasteiger partial charge < -0.3 is 4.74 Å². The number of nitrogens with zero attached hydrogens (tertiary/aromatic N) is 1. The zero-order valence-electron chi connectivity index (χ0n) is 19.9. The van der Waals surface area contributed by atoms with Crippen LogP contribution in [0.25, 0.3) is 16.8 Å². The number of barbiturate groups is 1. The fraction of sp³-hybridized carbons (Fsp3) is 0.100. The summed E-state index contributed by atoms with van der Waals surface area (Å²) in [5, 5.41) is 4.50. The van der Waals surface area contributed by atoms with E-state index in [1.807, 2.05) is 74.5 Å². The zero-order chi connectivity index (χ0) is 25.2. The minimum Gasteiger partial charge on any atom is -0.488 e. The highest BCUT2D eigenvalue weighted by Gasteiger charge is 2.37. The van der Waals surface area contributed by atoms with E-state index in [-0.39, 0.29) is 5.57 Å². The van der Waals surface area contributed by atoms with Gasteiger partial charge in [-0.3, -0.25) is 14.9 Å². The van der Waals surface area contributed by atoms with E-state index in [0.29, 0.717) is 23.6 Å². The third-order valence-corrected chi connectivity index (χ3v) is 6.18. The molecule has 4 aromatic rings. The molecule has 0 spiro atoms. The molecule has 1 N–H and O–H groups in total. The number of rotatable bonds is 5. The van der Waals surface area contributed by atoms with Crippen LogP contribution < -0.4 is 15.0 Å². The second kappa shape index (κ2) is 9.50. The van der Waals surface area contributed by atoms with E-state index < -0.39 is 17.8 Å². The van der Waals surface area contributed by atoms with Crippen LogP contribution >= 0.6 is 0 Å². The molecule has 0 unspecified atom stereocenters. The van der Waals surface area contributed by atoms with Gasteiger partial charge in [0.1, 0.15) is 17.9 Å². The first-order valence-corrected chi connectivity index (χ1v) is 11.6. The minimum atomic E-state index is -0.769. The lowest BCUT2D eigenvalue weighted by Gasteiger charge is -2.27. The third-order valence-electron chi connectivity index (χ3n) is 6.18. The number of carbonyl (C=O) groups excluding carboxylic acids is 3. The van der Waals surface area contributed by atoms with Crippen molar-refractivity contribution in [1.29, 1.82) is 0 Å². The number of ether oxygens (including phenoxy) is 1. The highest BCUT2D eigenvalue weighted by molar-refractivity contribution is 6.39. The average molecular weight is 477 g/mol. The van der Waals surface area contributed by atoms with Crippen molar-refractivity contribution in [2.75, 3.05) is 4.90 Å². The minimum absolute atomic E-state index is 0.143. The molecule has 6 nitrogen and oxygen atoms in total. The summed E-state index contributed by atoms with van der Waals surface area (Å²) in [7, 11) is 0. The van der Waals surface area contributed by atoms with Gasteiger partial charge in [-0.15, -0.1) is 0 Å². The largest absolute Gasteiger partial charge is 0.488 e. The van der Waals surface area contributed by atoms with Crippen LogP contribution in [0.1, 0.15) is 22.3 Å². The molecular formula is C30H24N2O4. The van der Waals surface area contributed by atoms with Crippen molar-refractivity contribution >= 4 is 40.4 Å². The number of para-hydroxylation sites is 1. The smallest absolute Gasteiger partial charge is 0.335 e. The van der Waals surface area contributed by atoms with Crippen molar-refractivity contribution in [1.82, 2.24) is 5.32 Å². The topological polar surface area (TPSA) is 75.7 Å². The summed E-state index contributed by atoms with van der Waals surface area (Å²) in [5.41, 5.74) is 3.63. The molecule has 5 rings (SSSR count). The Morgan fingerprint density at radius 1 is 0.861 bits per heavy atom. The Labute approximate surface area is 208 Å². The van der Waals surface area contributed by atoms with Gasteiger partial charge >= 0.3 is 6.03 Å². The lowest BCUT2D eigenvalue weighted by atomic mass is 10.0. The fourth-order valence-corrected chi connectivity index (χ4v) is 4.39. The molecule has 36 heavy (non-hydrogen) atoms. The molecule has 0 aromatic heterocycles. The second-order valence-corrected chi connectivity index (χ2v) is 8.71. The van der Waals surface area contributed by atoms with E-state index in [1.165, 1.54) is 6.08 Å². The van der Waals surface area contributed by atoms with Gasteiger partial charge in [-0.2, -0.15) is 0 Å². The van der Waals surface area contributed by atoms with Crippen LogP contribution in [-0.2, 0) is 16.2 Å². The summed E-state index contributed by atoms with van der Waals surface area (Å²) in [6, 6.07) is 25.9. The van der Waals surface area contributed by atoms with Gasteiger partial charge in [0.2, 0.25) is 0 Å². The quantitative estimate of drug-likeness (QED) is 0.296. The molecule has 0 saturated carbocycles. The highest BCUT2D eigenvalue weighted by Crippen LogP contribution is 2.28. The number of anilines is 1. The fourth-order valence-electron chi connectivity index (χ4n) is 4.39. The van der Waals surface area contributed by atoms with E-state index in [0.717, 1.165) is 32.4 Å². The maximum absolute atomic E-state index is 13.4. The Kier molecular flexibility index (Phi) is 6.09. The molecule has 1 aliphatic rings. The van der Waals surface area contributed by atoms with Gasteiger partial charge in [-0.25, -0.2) is 9.69 Å². The molecule has 4 aromatic carbocycles. The van der Waals surface area contributed by atoms with Crippen LogP contribution in [0, 0.1) is 13.8 Å². The molecule has 6 heteroatoms. The SMILES string of the molecule is Cc1ccc(N2C(=O)NC(=O)/C(=C\c3ccccc3OCc3cccc4ccccc34)C2=O)c(C)c1. The maximum atomic E-state index is 13.4. The maximum Gasteiger partial charge on any atom is 0.335 e. The Bertz CT molecular complexity index is 1550. The van der Waals surface area contributed by atoms with E-state index in [4.69, 9.17) is 4.74 Å². The Morgan fingerprint density at radius 2 is 1.61 bits per heavy atom. The number of benzene rings is 4. The number of hydrogen-bond donors (Lipinski definition) is 1. The van der Waals surface area contributed by atoms with Crippen molar-refractivity contribution in [2.24, 2.45) is 0 Å². The number of urea groups is 1. The summed E-state index contributed by atoms with van der Waals surface area (Å²) in [6.45, 7) is 4.06. The Morgan fingerprint density at radius 3 is 2.44 bits per heavy atom. The first-order valence-electron chi connectivity index (χ1n) is 11.6. The summed E-state index contributed by atoms with van der Waals surface area (Å²) >= 11 is 0. The molecule has 1 heterocycles. The van der Waals surface area contributed by atoms with Crippen molar-refractivity contribution in [2.45, 2.75) is 20.5 Å². The van der Waals surface area contributed by atoms with E-state index in [2.05, 4.69) is 5.32 Å². The van der Waals surface area contributed by atoms with E-state index in [1.54, 1.807) is 24.3 Å². The molecule has 0 bridgehead atoms. The molecule has 0 atom stereocenters. The highest BCUT2D eigenvalue weighted by atomic mass is 16.5. The van der Waals surface area contributed by atoms with Gasteiger partial charge in [-0.05, 0) is 54.0 Å². The van der Waals surface area contributed by atoms with Crippen LogP contribution in [0.4, 0.5) is 10.5 Å². The molecule has 4 amide bonds. The number of nitrogens with one attached hydrogen (secondary N) is 1. The van der Waals surface area contributed by atoms with Crippen molar-refractivity contribution in [3.8, 4) is 5.75 Å². The normalized spacial score (nSPS) is 14.9. The lowest BCUT2D eigenvalue weighted by molar-refractivity contribution is -0.122. The van der Waals surface area contributed by atoms with Crippen LogP contribution in [0.2, 0.25) is 0 Å². The van der Waals surface area contributed by atoms with Gasteiger partial charge in [0.15, 0.2) is 0 Å². The summed E-state index contributed by atoms with van der Waals surface area (Å²) in [5.74, 6) is -0.900. The average Bonchev–Trinajstić information content (AvgIpc) is 2.87. The van der Waals surface area contributed by atoms with Crippen LogP contribution in [-0.4, -0.2) is 17.8 Å². The first-order chi connectivity index (χ1) is 17.4. The predicted octanol–water partition coefficient (Wildman–Crippen LogP) is 5.70. The molecular weight excluding hydrogens is 452 g/mol. The molecule has 0 radical (unpaired) electrons. The van der Waals surface area contributed by atoms with E-state index in [9.17, 15) is 14.4 Å². The number of amides is 4.